The van der Waals surface area contributed by atoms with Crippen molar-refractivity contribution in [2.75, 3.05) is 39.3 Å². The summed E-state index contributed by atoms with van der Waals surface area (Å²) in [6.45, 7) is 16.4. The highest BCUT2D eigenvalue weighted by molar-refractivity contribution is 8.02. The summed E-state index contributed by atoms with van der Waals surface area (Å²) in [7, 11) is 0. The van der Waals surface area contributed by atoms with Crippen molar-refractivity contribution in [2.45, 2.75) is 79.3 Å². The number of benzene rings is 6. The Hall–Kier alpha value is -4.59. The average Bonchev–Trinajstić information content (AvgIpc) is 3.30. The SMILES string of the molecule is CCOC(=O)CCCCCN(CCNCC(C)(C)SC(c1ccccc1)(c1ccccc1)c1ccccc1)CC(C)(C)SC(c1ccccc1)(c1ccccc1)c1ccccc1. The van der Waals surface area contributed by atoms with Gasteiger partial charge in [0.15, 0.2) is 0 Å². The second kappa shape index (κ2) is 22.7. The molecule has 6 aromatic carbocycles. The fourth-order valence-electron chi connectivity index (χ4n) is 8.74. The Morgan fingerprint density at radius 2 is 0.855 bits per heavy atom. The third-order valence-electron chi connectivity index (χ3n) is 11.4. The standard InChI is InChI=1S/C56H66N2O2S2/c1-6-60-52(59)40-26-13-27-42-58(45-54(4,5)62-56(49-34-20-10-21-35-49,50-36-22-11-23-37-50)51-38-24-12-25-39-51)43-41-57-44-53(2,3)61-55(46-28-14-7-15-29-46,47-30-16-8-17-31-47)48-32-18-9-19-33-48/h7-12,14-25,28-39,57H,6,13,26-27,40-45H2,1-5H3. The summed E-state index contributed by atoms with van der Waals surface area (Å²) >= 11 is 4.08. The molecule has 6 rings (SSSR count). The number of esters is 1. The topological polar surface area (TPSA) is 41.6 Å². The van der Waals surface area contributed by atoms with E-state index >= 15 is 0 Å². The molecular formula is C56H66N2O2S2. The summed E-state index contributed by atoms with van der Waals surface area (Å²) in [5, 5.41) is 3.94. The van der Waals surface area contributed by atoms with Gasteiger partial charge in [0.1, 0.15) is 0 Å². The first kappa shape index (κ1) is 46.9. The maximum Gasteiger partial charge on any atom is 0.305 e. The van der Waals surface area contributed by atoms with Gasteiger partial charge in [0.05, 0.1) is 16.1 Å². The zero-order valence-corrected chi connectivity index (χ0v) is 39.1. The van der Waals surface area contributed by atoms with E-state index in [0.717, 1.165) is 52.0 Å². The molecule has 0 aliphatic carbocycles. The first-order chi connectivity index (χ1) is 30.1. The molecule has 0 saturated carbocycles. The molecule has 0 spiro atoms. The molecule has 0 amide bonds. The molecule has 6 heteroatoms. The molecule has 0 saturated heterocycles. The number of carbonyl (C=O) groups is 1. The number of nitrogens with one attached hydrogen (secondary N) is 1. The van der Waals surface area contributed by atoms with Crippen molar-refractivity contribution >= 4 is 29.5 Å². The van der Waals surface area contributed by atoms with Crippen molar-refractivity contribution in [1.82, 2.24) is 10.2 Å². The monoisotopic (exact) mass is 862 g/mol. The van der Waals surface area contributed by atoms with Crippen molar-refractivity contribution in [1.29, 1.82) is 0 Å². The number of unbranched alkanes of at least 4 members (excludes halogenated alkanes) is 2. The quantitative estimate of drug-likeness (QED) is 0.0371. The Morgan fingerprint density at radius 3 is 1.21 bits per heavy atom. The fourth-order valence-corrected chi connectivity index (χ4v) is 12.3. The predicted octanol–water partition coefficient (Wildman–Crippen LogP) is 13.0. The molecule has 0 aliphatic heterocycles. The number of hydrogen-bond acceptors (Lipinski definition) is 6. The van der Waals surface area contributed by atoms with Crippen LogP contribution < -0.4 is 5.32 Å². The maximum absolute atomic E-state index is 12.2. The Kier molecular flexibility index (Phi) is 17.1. The molecule has 0 heterocycles. The Morgan fingerprint density at radius 1 is 0.500 bits per heavy atom. The minimum absolute atomic E-state index is 0.0959. The van der Waals surface area contributed by atoms with Gasteiger partial charge in [-0.25, -0.2) is 0 Å². The summed E-state index contributed by atoms with van der Waals surface area (Å²) < 4.78 is 4.14. The lowest BCUT2D eigenvalue weighted by atomic mass is 9.84. The van der Waals surface area contributed by atoms with Crippen LogP contribution in [0, 0.1) is 0 Å². The highest BCUT2D eigenvalue weighted by atomic mass is 32.2. The van der Waals surface area contributed by atoms with Crippen LogP contribution in [0.15, 0.2) is 182 Å². The molecule has 6 aromatic rings. The summed E-state index contributed by atoms with van der Waals surface area (Å²) in [4.78, 5) is 14.8. The van der Waals surface area contributed by atoms with Gasteiger partial charge in [-0.05, 0) is 87.4 Å². The van der Waals surface area contributed by atoms with Crippen molar-refractivity contribution in [3.63, 3.8) is 0 Å². The van der Waals surface area contributed by atoms with Crippen LogP contribution in [0.25, 0.3) is 0 Å². The predicted molar refractivity (Wildman–Crippen MR) is 266 cm³/mol. The highest BCUT2D eigenvalue weighted by Gasteiger charge is 2.43. The van der Waals surface area contributed by atoms with Gasteiger partial charge in [0.25, 0.3) is 0 Å². The zero-order chi connectivity index (χ0) is 43.7. The Labute approximate surface area is 381 Å². The van der Waals surface area contributed by atoms with E-state index in [-0.39, 0.29) is 15.5 Å². The molecule has 0 bridgehead atoms. The van der Waals surface area contributed by atoms with Crippen LogP contribution >= 0.6 is 23.5 Å². The average molecular weight is 863 g/mol. The summed E-state index contributed by atoms with van der Waals surface area (Å²) in [6, 6.07) is 66.1. The van der Waals surface area contributed by atoms with Gasteiger partial charge >= 0.3 is 5.97 Å². The molecule has 4 nitrogen and oxygen atoms in total. The van der Waals surface area contributed by atoms with Crippen LogP contribution in [0.2, 0.25) is 0 Å². The van der Waals surface area contributed by atoms with Crippen molar-refractivity contribution in [3.05, 3.63) is 215 Å². The van der Waals surface area contributed by atoms with Crippen molar-refractivity contribution in [3.8, 4) is 0 Å². The minimum atomic E-state index is -0.416. The molecule has 0 fully saturated rings. The summed E-state index contributed by atoms with van der Waals surface area (Å²) in [5.74, 6) is -0.0959. The van der Waals surface area contributed by atoms with E-state index in [1.165, 1.54) is 33.4 Å². The maximum atomic E-state index is 12.2. The highest BCUT2D eigenvalue weighted by Crippen LogP contribution is 2.54. The van der Waals surface area contributed by atoms with E-state index in [0.29, 0.717) is 13.0 Å². The molecule has 0 unspecified atom stereocenters. The second-order valence-corrected chi connectivity index (χ2v) is 21.2. The van der Waals surface area contributed by atoms with Crippen LogP contribution in [-0.2, 0) is 19.0 Å². The third-order valence-corrected chi connectivity index (χ3v) is 14.8. The van der Waals surface area contributed by atoms with Crippen LogP contribution in [0.4, 0.5) is 0 Å². The van der Waals surface area contributed by atoms with Gasteiger partial charge in [0, 0.05) is 42.1 Å². The number of hydrogen-bond donors (Lipinski definition) is 1. The van der Waals surface area contributed by atoms with E-state index in [1.807, 2.05) is 18.7 Å². The molecule has 0 aliphatic rings. The van der Waals surface area contributed by atoms with E-state index in [4.69, 9.17) is 4.74 Å². The number of thioether (sulfide) groups is 2. The number of rotatable bonds is 24. The van der Waals surface area contributed by atoms with Gasteiger partial charge in [-0.3, -0.25) is 4.79 Å². The summed E-state index contributed by atoms with van der Waals surface area (Å²) in [6.07, 6.45) is 3.34. The van der Waals surface area contributed by atoms with Crippen LogP contribution in [0.1, 0.15) is 93.7 Å². The Bertz CT molecular complexity index is 1990. The fraction of sp³-hybridized carbons (Fsp3) is 0.339. The number of nitrogens with zero attached hydrogens (tertiary/aromatic N) is 1. The first-order valence-electron chi connectivity index (χ1n) is 22.4. The van der Waals surface area contributed by atoms with E-state index in [9.17, 15) is 4.79 Å². The van der Waals surface area contributed by atoms with E-state index in [2.05, 4.69) is 232 Å². The van der Waals surface area contributed by atoms with Gasteiger partial charge in [-0.15, -0.1) is 23.5 Å². The van der Waals surface area contributed by atoms with E-state index < -0.39 is 9.49 Å². The van der Waals surface area contributed by atoms with Gasteiger partial charge in [-0.2, -0.15) is 0 Å². The third kappa shape index (κ3) is 12.3. The first-order valence-corrected chi connectivity index (χ1v) is 24.0. The molecular weight excluding hydrogens is 797 g/mol. The smallest absolute Gasteiger partial charge is 0.305 e. The number of ether oxygens (including phenoxy) is 1. The molecule has 0 atom stereocenters. The molecule has 0 radical (unpaired) electrons. The molecule has 62 heavy (non-hydrogen) atoms. The lowest BCUT2D eigenvalue weighted by Crippen LogP contribution is -2.45. The zero-order valence-electron chi connectivity index (χ0n) is 37.5. The molecule has 324 valence electrons. The number of carbonyl (C=O) groups excluding carboxylic acids is 1. The molecule has 0 aromatic heterocycles. The normalized spacial score (nSPS) is 12.4. The van der Waals surface area contributed by atoms with Crippen molar-refractivity contribution in [2.24, 2.45) is 0 Å². The minimum Gasteiger partial charge on any atom is -0.466 e. The van der Waals surface area contributed by atoms with Gasteiger partial charge < -0.3 is 15.0 Å². The second-order valence-electron chi connectivity index (χ2n) is 17.4. The lowest BCUT2D eigenvalue weighted by Gasteiger charge is -2.43. The van der Waals surface area contributed by atoms with Gasteiger partial charge in [-0.1, -0.05) is 188 Å². The van der Waals surface area contributed by atoms with E-state index in [1.54, 1.807) is 0 Å². The van der Waals surface area contributed by atoms with Gasteiger partial charge in [0.2, 0.25) is 0 Å². The van der Waals surface area contributed by atoms with Crippen LogP contribution in [-0.4, -0.2) is 59.7 Å². The summed E-state index contributed by atoms with van der Waals surface area (Å²) in [5.41, 5.74) is 7.67. The molecule has 1 N–H and O–H groups in total. The van der Waals surface area contributed by atoms with Crippen molar-refractivity contribution < 1.29 is 9.53 Å². The van der Waals surface area contributed by atoms with Crippen LogP contribution in [0.5, 0.6) is 0 Å². The van der Waals surface area contributed by atoms with Crippen LogP contribution in [0.3, 0.4) is 0 Å². The Balaban J connectivity index is 1.23. The largest absolute Gasteiger partial charge is 0.466 e. The lowest BCUT2D eigenvalue weighted by molar-refractivity contribution is -0.143.